The summed E-state index contributed by atoms with van der Waals surface area (Å²) in [6.07, 6.45) is 4.99. The summed E-state index contributed by atoms with van der Waals surface area (Å²) in [4.78, 5) is 41.0. The number of aromatic nitrogens is 7. The zero-order valence-corrected chi connectivity index (χ0v) is 22.6. The molecule has 4 N–H and O–H groups in total. The third-order valence-electron chi connectivity index (χ3n) is 6.93. The van der Waals surface area contributed by atoms with Crippen LogP contribution in [0.25, 0.3) is 22.2 Å². The molecule has 0 saturated heterocycles. The number of aryl methyl sites for hydroxylation is 1. The van der Waals surface area contributed by atoms with Gasteiger partial charge in [-0.1, -0.05) is 30.2 Å². The first-order chi connectivity index (χ1) is 19.8. The van der Waals surface area contributed by atoms with Crippen LogP contribution >= 0.6 is 0 Å². The SMILES string of the molecule is Cc1ncc(C#Cc2cccc3nc(C(C)NC(=O)c4c(N)[nH][n+]5cccnc45)n(-c4ccccc4)c(=O)c23)n1C. The number of aromatic amines is 1. The van der Waals surface area contributed by atoms with Crippen molar-refractivity contribution in [2.45, 2.75) is 19.9 Å². The molecule has 202 valence electrons. The number of nitrogen functional groups attached to an aromatic ring is 1. The van der Waals surface area contributed by atoms with Gasteiger partial charge in [0.15, 0.2) is 11.4 Å². The average molecular weight is 545 g/mol. The van der Waals surface area contributed by atoms with Gasteiger partial charge in [-0.05, 0) is 49.0 Å². The Morgan fingerprint density at radius 3 is 2.66 bits per heavy atom. The molecule has 0 radical (unpaired) electrons. The molecular weight excluding hydrogens is 518 g/mol. The molecule has 2 aromatic carbocycles. The van der Waals surface area contributed by atoms with Gasteiger partial charge in [0.05, 0.1) is 28.8 Å². The molecule has 4 heterocycles. The van der Waals surface area contributed by atoms with E-state index < -0.39 is 11.9 Å². The lowest BCUT2D eigenvalue weighted by Crippen LogP contribution is -2.34. The van der Waals surface area contributed by atoms with E-state index in [1.54, 1.807) is 48.2 Å². The number of H-pyrrole nitrogens is 1. The Morgan fingerprint density at radius 2 is 1.90 bits per heavy atom. The van der Waals surface area contributed by atoms with Crippen molar-refractivity contribution in [1.29, 1.82) is 0 Å². The first-order valence-corrected chi connectivity index (χ1v) is 12.9. The van der Waals surface area contributed by atoms with Crippen LogP contribution in [0.15, 0.2) is 78.0 Å². The van der Waals surface area contributed by atoms with Crippen molar-refractivity contribution in [2.75, 3.05) is 5.73 Å². The van der Waals surface area contributed by atoms with Gasteiger partial charge in [-0.15, -0.1) is 4.52 Å². The van der Waals surface area contributed by atoms with Gasteiger partial charge in [0, 0.05) is 18.7 Å². The number of benzene rings is 2. The summed E-state index contributed by atoms with van der Waals surface area (Å²) in [5.41, 5.74) is 8.76. The van der Waals surface area contributed by atoms with E-state index in [1.807, 2.05) is 54.9 Å². The minimum atomic E-state index is -0.676. The van der Waals surface area contributed by atoms with Gasteiger partial charge in [-0.3, -0.25) is 14.2 Å². The van der Waals surface area contributed by atoms with E-state index in [4.69, 9.17) is 10.7 Å². The average Bonchev–Trinajstić information content (AvgIpc) is 3.49. The molecule has 4 aromatic heterocycles. The van der Waals surface area contributed by atoms with E-state index in [0.717, 1.165) is 11.5 Å². The Bertz CT molecular complexity index is 2080. The first-order valence-electron chi connectivity index (χ1n) is 12.9. The predicted octanol–water partition coefficient (Wildman–Crippen LogP) is 2.36. The van der Waals surface area contributed by atoms with Crippen molar-refractivity contribution >= 4 is 28.3 Å². The maximum atomic E-state index is 14.2. The largest absolute Gasteiger partial charge is 0.382 e. The maximum Gasteiger partial charge on any atom is 0.362 e. The first kappa shape index (κ1) is 25.5. The van der Waals surface area contributed by atoms with Crippen molar-refractivity contribution in [1.82, 2.24) is 34.5 Å². The molecule has 41 heavy (non-hydrogen) atoms. The van der Waals surface area contributed by atoms with E-state index >= 15 is 0 Å². The predicted molar refractivity (Wildman–Crippen MR) is 153 cm³/mol. The third kappa shape index (κ3) is 4.47. The van der Waals surface area contributed by atoms with Crippen molar-refractivity contribution in [2.24, 2.45) is 7.05 Å². The van der Waals surface area contributed by atoms with Crippen molar-refractivity contribution < 1.29 is 9.31 Å². The van der Waals surface area contributed by atoms with Gasteiger partial charge in [0.1, 0.15) is 29.7 Å². The summed E-state index contributed by atoms with van der Waals surface area (Å²) >= 11 is 0. The van der Waals surface area contributed by atoms with Crippen molar-refractivity contribution in [3.63, 3.8) is 0 Å². The molecule has 6 aromatic rings. The summed E-state index contributed by atoms with van der Waals surface area (Å²) in [6, 6.07) is 15.6. The molecule has 0 bridgehead atoms. The summed E-state index contributed by atoms with van der Waals surface area (Å²) in [6.45, 7) is 3.67. The monoisotopic (exact) mass is 544 g/mol. The van der Waals surface area contributed by atoms with Crippen LogP contribution in [0.4, 0.5) is 5.82 Å². The zero-order chi connectivity index (χ0) is 28.7. The summed E-state index contributed by atoms with van der Waals surface area (Å²) in [7, 11) is 1.89. The highest BCUT2D eigenvalue weighted by atomic mass is 16.2. The number of imidazole rings is 1. The summed E-state index contributed by atoms with van der Waals surface area (Å²) < 4.78 is 4.96. The van der Waals surface area contributed by atoms with Crippen LogP contribution in [-0.2, 0) is 7.05 Å². The second kappa shape index (κ2) is 10.1. The Morgan fingerprint density at radius 1 is 1.10 bits per heavy atom. The highest BCUT2D eigenvalue weighted by Gasteiger charge is 2.27. The number of carbonyl (C=O) groups excluding carboxylic acids is 1. The fourth-order valence-electron chi connectivity index (χ4n) is 4.73. The molecule has 0 spiro atoms. The lowest BCUT2D eigenvalue weighted by atomic mass is 10.1. The number of rotatable bonds is 4. The molecule has 11 heteroatoms. The molecule has 1 amide bonds. The van der Waals surface area contributed by atoms with Crippen LogP contribution in [0.2, 0.25) is 0 Å². The fraction of sp³-hybridized carbons (Fsp3) is 0.133. The van der Waals surface area contributed by atoms with E-state index in [2.05, 4.69) is 32.2 Å². The number of nitrogens with one attached hydrogen (secondary N) is 2. The zero-order valence-electron chi connectivity index (χ0n) is 22.6. The van der Waals surface area contributed by atoms with Gasteiger partial charge in [0.25, 0.3) is 11.5 Å². The van der Waals surface area contributed by atoms with E-state index in [9.17, 15) is 9.59 Å². The van der Waals surface area contributed by atoms with Crippen LogP contribution in [0, 0.1) is 18.8 Å². The number of hydrogen-bond acceptors (Lipinski definition) is 6. The minimum Gasteiger partial charge on any atom is -0.382 e. The lowest BCUT2D eigenvalue weighted by Gasteiger charge is -2.19. The normalized spacial score (nSPS) is 11.8. The number of anilines is 1. The van der Waals surface area contributed by atoms with E-state index in [0.29, 0.717) is 33.6 Å². The molecule has 0 aliphatic heterocycles. The number of nitrogens with two attached hydrogens (primary N) is 1. The number of para-hydroxylation sites is 1. The number of fused-ring (bicyclic) bond motifs is 2. The molecule has 0 aliphatic rings. The summed E-state index contributed by atoms with van der Waals surface area (Å²) in [5, 5.41) is 6.24. The Balaban J connectivity index is 1.48. The van der Waals surface area contributed by atoms with Gasteiger partial charge in [-0.25, -0.2) is 15.1 Å². The molecular formula is C30H26N9O2+. The van der Waals surface area contributed by atoms with Crippen LogP contribution in [0.5, 0.6) is 0 Å². The van der Waals surface area contributed by atoms with Crippen LogP contribution in [0.3, 0.4) is 0 Å². The Kier molecular flexibility index (Phi) is 6.28. The highest BCUT2D eigenvalue weighted by Crippen LogP contribution is 2.21. The lowest BCUT2D eigenvalue weighted by molar-refractivity contribution is -0.577. The fourth-order valence-corrected chi connectivity index (χ4v) is 4.73. The standard InChI is InChI=1S/C30H25N9O2/c1-18(34-29(40)25-26(31)36-38-16-8-15-32-28(25)38)27-35-23-12-7-9-20(13-14-22-17-33-19(2)37(22)3)24(23)30(41)39(27)21-10-5-4-6-11-21/h4-12,15-18H,1-3H3,(H3,31,34,36,40)/p+1. The highest BCUT2D eigenvalue weighted by molar-refractivity contribution is 6.03. The van der Waals surface area contributed by atoms with Crippen molar-refractivity contribution in [3.05, 3.63) is 112 Å². The summed E-state index contributed by atoms with van der Waals surface area (Å²) in [5.74, 6) is 7.18. The van der Waals surface area contributed by atoms with Crippen LogP contribution < -0.4 is 21.1 Å². The molecule has 0 aliphatic carbocycles. The van der Waals surface area contributed by atoms with Crippen LogP contribution in [-0.4, -0.2) is 35.1 Å². The third-order valence-corrected chi connectivity index (χ3v) is 6.93. The molecule has 0 fully saturated rings. The molecule has 0 saturated carbocycles. The van der Waals surface area contributed by atoms with Crippen molar-refractivity contribution in [3.8, 4) is 17.5 Å². The Labute approximate surface area is 234 Å². The molecule has 6 rings (SSSR count). The number of carbonyl (C=O) groups is 1. The van der Waals surface area contributed by atoms with E-state index in [1.165, 1.54) is 4.57 Å². The molecule has 1 atom stereocenters. The maximum absolute atomic E-state index is 14.2. The number of amides is 1. The van der Waals surface area contributed by atoms with Crippen LogP contribution in [0.1, 0.15) is 46.2 Å². The van der Waals surface area contributed by atoms with Gasteiger partial charge >= 0.3 is 5.65 Å². The quantitative estimate of drug-likeness (QED) is 0.230. The second-order valence-corrected chi connectivity index (χ2v) is 9.55. The van der Waals surface area contributed by atoms with Gasteiger partial charge < -0.3 is 15.6 Å². The number of hydrogen-bond donors (Lipinski definition) is 3. The second-order valence-electron chi connectivity index (χ2n) is 9.55. The topological polar surface area (TPSA) is 141 Å². The molecule has 11 nitrogen and oxygen atoms in total. The van der Waals surface area contributed by atoms with Gasteiger partial charge in [0.2, 0.25) is 0 Å². The minimum absolute atomic E-state index is 0.173. The smallest absolute Gasteiger partial charge is 0.362 e. The molecule has 1 unspecified atom stereocenters. The van der Waals surface area contributed by atoms with E-state index in [-0.39, 0.29) is 16.9 Å². The van der Waals surface area contributed by atoms with Gasteiger partial charge in [-0.2, -0.15) is 0 Å². The Hall–Kier alpha value is -5.76. The number of nitrogens with zero attached hydrogens (tertiary/aromatic N) is 6.